The van der Waals surface area contributed by atoms with Crippen LogP contribution < -0.4 is 4.72 Å². The molecule has 0 bridgehead atoms. The number of anilines is 1. The van der Waals surface area contributed by atoms with E-state index in [1.807, 2.05) is 55.5 Å². The monoisotopic (exact) mass is 297 g/mol. The van der Waals surface area contributed by atoms with Crippen LogP contribution in [0.3, 0.4) is 0 Å². The molecule has 3 nitrogen and oxygen atoms in total. The summed E-state index contributed by atoms with van der Waals surface area (Å²) in [6, 6.07) is 20.1. The Morgan fingerprint density at radius 3 is 2.38 bits per heavy atom. The first kappa shape index (κ1) is 13.6. The van der Waals surface area contributed by atoms with E-state index in [2.05, 4.69) is 4.72 Å². The fraction of sp³-hybridized carbons (Fsp3) is 0.0588. The molecule has 4 heteroatoms. The summed E-state index contributed by atoms with van der Waals surface area (Å²) in [5.41, 5.74) is 1.58. The second kappa shape index (κ2) is 5.22. The average molecular weight is 297 g/mol. The second-order valence-electron chi connectivity index (χ2n) is 4.95. The van der Waals surface area contributed by atoms with Gasteiger partial charge >= 0.3 is 0 Å². The third kappa shape index (κ3) is 2.76. The van der Waals surface area contributed by atoms with Crippen molar-refractivity contribution in [2.75, 3.05) is 4.72 Å². The van der Waals surface area contributed by atoms with Crippen molar-refractivity contribution in [3.8, 4) is 0 Å². The highest BCUT2D eigenvalue weighted by molar-refractivity contribution is 7.93. The summed E-state index contributed by atoms with van der Waals surface area (Å²) in [5.74, 6) is 0. The van der Waals surface area contributed by atoms with Crippen LogP contribution in [0.4, 0.5) is 5.69 Å². The van der Waals surface area contributed by atoms with Gasteiger partial charge in [-0.15, -0.1) is 0 Å². The molecule has 3 aromatic rings. The van der Waals surface area contributed by atoms with Crippen LogP contribution in [0.2, 0.25) is 0 Å². The molecular formula is C17H15NO2S. The third-order valence-electron chi connectivity index (χ3n) is 3.31. The van der Waals surface area contributed by atoms with E-state index in [0.717, 1.165) is 16.3 Å². The third-order valence-corrected chi connectivity index (χ3v) is 4.75. The van der Waals surface area contributed by atoms with Crippen LogP contribution in [0.5, 0.6) is 0 Å². The van der Waals surface area contributed by atoms with E-state index in [-0.39, 0.29) is 0 Å². The fourth-order valence-electron chi connectivity index (χ4n) is 2.35. The SMILES string of the molecule is Cc1cccc(NS(=O)(=O)c2cccc3ccccc23)c1. The number of hydrogen-bond acceptors (Lipinski definition) is 2. The molecule has 3 aromatic carbocycles. The first-order valence-electron chi connectivity index (χ1n) is 6.63. The van der Waals surface area contributed by atoms with Gasteiger partial charge in [0, 0.05) is 11.1 Å². The van der Waals surface area contributed by atoms with Gasteiger partial charge in [0.1, 0.15) is 0 Å². The summed E-state index contributed by atoms with van der Waals surface area (Å²) in [6.07, 6.45) is 0. The molecule has 1 N–H and O–H groups in total. The quantitative estimate of drug-likeness (QED) is 0.795. The van der Waals surface area contributed by atoms with Crippen LogP contribution >= 0.6 is 0 Å². The van der Waals surface area contributed by atoms with E-state index in [1.165, 1.54) is 0 Å². The second-order valence-corrected chi connectivity index (χ2v) is 6.60. The average Bonchev–Trinajstić information content (AvgIpc) is 2.46. The normalized spacial score (nSPS) is 11.5. The van der Waals surface area contributed by atoms with Crippen molar-refractivity contribution in [1.82, 2.24) is 0 Å². The minimum Gasteiger partial charge on any atom is -0.280 e. The molecule has 0 aliphatic heterocycles. The molecule has 0 radical (unpaired) electrons. The van der Waals surface area contributed by atoms with Gasteiger partial charge in [0.05, 0.1) is 4.90 Å². The molecular weight excluding hydrogens is 282 g/mol. The van der Waals surface area contributed by atoms with Gasteiger partial charge in [-0.2, -0.15) is 0 Å². The highest BCUT2D eigenvalue weighted by Gasteiger charge is 2.17. The Hall–Kier alpha value is -2.33. The van der Waals surface area contributed by atoms with Crippen molar-refractivity contribution >= 4 is 26.5 Å². The number of benzene rings is 3. The maximum absolute atomic E-state index is 12.6. The number of fused-ring (bicyclic) bond motifs is 1. The van der Waals surface area contributed by atoms with Crippen molar-refractivity contribution in [2.24, 2.45) is 0 Å². The zero-order valence-corrected chi connectivity index (χ0v) is 12.4. The highest BCUT2D eigenvalue weighted by atomic mass is 32.2. The number of sulfonamides is 1. The number of rotatable bonds is 3. The van der Waals surface area contributed by atoms with E-state index in [0.29, 0.717) is 10.6 Å². The summed E-state index contributed by atoms with van der Waals surface area (Å²) >= 11 is 0. The Morgan fingerprint density at radius 1 is 0.857 bits per heavy atom. The van der Waals surface area contributed by atoms with E-state index < -0.39 is 10.0 Å². The van der Waals surface area contributed by atoms with Crippen LogP contribution in [0.25, 0.3) is 10.8 Å². The van der Waals surface area contributed by atoms with Crippen LogP contribution in [0.1, 0.15) is 5.56 Å². The zero-order valence-electron chi connectivity index (χ0n) is 11.6. The number of aryl methyl sites for hydroxylation is 1. The van der Waals surface area contributed by atoms with Gasteiger partial charge in [-0.3, -0.25) is 4.72 Å². The van der Waals surface area contributed by atoms with Gasteiger partial charge in [0.25, 0.3) is 10.0 Å². The van der Waals surface area contributed by atoms with E-state index in [4.69, 9.17) is 0 Å². The Kier molecular flexibility index (Phi) is 3.39. The summed E-state index contributed by atoms with van der Waals surface area (Å²) < 4.78 is 27.9. The topological polar surface area (TPSA) is 46.2 Å². The molecule has 106 valence electrons. The minimum atomic E-state index is -3.61. The first-order chi connectivity index (χ1) is 10.1. The molecule has 0 amide bonds. The lowest BCUT2D eigenvalue weighted by Gasteiger charge is -2.11. The summed E-state index contributed by atoms with van der Waals surface area (Å²) in [5, 5.41) is 1.63. The minimum absolute atomic E-state index is 0.294. The lowest BCUT2D eigenvalue weighted by Crippen LogP contribution is -2.13. The van der Waals surface area contributed by atoms with Crippen molar-refractivity contribution in [1.29, 1.82) is 0 Å². The molecule has 0 aliphatic carbocycles. The van der Waals surface area contributed by atoms with E-state index in [9.17, 15) is 8.42 Å². The van der Waals surface area contributed by atoms with Gasteiger partial charge in [-0.1, -0.05) is 48.5 Å². The summed E-state index contributed by atoms with van der Waals surface area (Å²) in [4.78, 5) is 0.294. The van der Waals surface area contributed by atoms with Crippen LogP contribution in [0.15, 0.2) is 71.6 Å². The predicted octanol–water partition coefficient (Wildman–Crippen LogP) is 3.95. The molecule has 0 unspecified atom stereocenters. The zero-order chi connectivity index (χ0) is 14.9. The Bertz CT molecular complexity index is 896. The molecule has 3 rings (SSSR count). The largest absolute Gasteiger partial charge is 0.280 e. The summed E-state index contributed by atoms with van der Waals surface area (Å²) in [6.45, 7) is 1.93. The summed E-state index contributed by atoms with van der Waals surface area (Å²) in [7, 11) is -3.61. The van der Waals surface area contributed by atoms with Crippen molar-refractivity contribution in [2.45, 2.75) is 11.8 Å². The van der Waals surface area contributed by atoms with Crippen LogP contribution in [0, 0.1) is 6.92 Å². The van der Waals surface area contributed by atoms with Gasteiger partial charge < -0.3 is 0 Å². The molecule has 0 saturated heterocycles. The molecule has 0 heterocycles. The van der Waals surface area contributed by atoms with Crippen molar-refractivity contribution < 1.29 is 8.42 Å². The fourth-order valence-corrected chi connectivity index (χ4v) is 3.63. The van der Waals surface area contributed by atoms with Crippen LogP contribution in [-0.2, 0) is 10.0 Å². The van der Waals surface area contributed by atoms with Gasteiger partial charge in [-0.25, -0.2) is 8.42 Å². The van der Waals surface area contributed by atoms with E-state index in [1.54, 1.807) is 18.2 Å². The number of hydrogen-bond donors (Lipinski definition) is 1. The molecule has 0 spiro atoms. The van der Waals surface area contributed by atoms with Gasteiger partial charge in [-0.05, 0) is 36.1 Å². The van der Waals surface area contributed by atoms with E-state index >= 15 is 0 Å². The lowest BCUT2D eigenvalue weighted by atomic mass is 10.1. The molecule has 0 aliphatic rings. The predicted molar refractivity (Wildman–Crippen MR) is 85.9 cm³/mol. The van der Waals surface area contributed by atoms with Gasteiger partial charge in [0.2, 0.25) is 0 Å². The van der Waals surface area contributed by atoms with Crippen molar-refractivity contribution in [3.63, 3.8) is 0 Å². The lowest BCUT2D eigenvalue weighted by molar-refractivity contribution is 0.602. The maximum Gasteiger partial charge on any atom is 0.262 e. The Labute approximate surface area is 124 Å². The first-order valence-corrected chi connectivity index (χ1v) is 8.12. The highest BCUT2D eigenvalue weighted by Crippen LogP contribution is 2.25. The van der Waals surface area contributed by atoms with Gasteiger partial charge in [0.15, 0.2) is 0 Å². The van der Waals surface area contributed by atoms with Crippen LogP contribution in [-0.4, -0.2) is 8.42 Å². The standard InChI is InChI=1S/C17H15NO2S/c1-13-6-4-9-15(12-13)18-21(19,20)17-11-5-8-14-7-2-3-10-16(14)17/h2-12,18H,1H3. The Balaban J connectivity index is 2.09. The molecule has 21 heavy (non-hydrogen) atoms. The molecule has 0 fully saturated rings. The maximum atomic E-state index is 12.6. The molecule has 0 saturated carbocycles. The van der Waals surface area contributed by atoms with Crippen molar-refractivity contribution in [3.05, 3.63) is 72.3 Å². The Morgan fingerprint density at radius 2 is 1.57 bits per heavy atom. The molecule has 0 aromatic heterocycles. The molecule has 0 atom stereocenters. The number of nitrogens with one attached hydrogen (secondary N) is 1. The smallest absolute Gasteiger partial charge is 0.262 e.